The van der Waals surface area contributed by atoms with Gasteiger partial charge in [0, 0.05) is 6.04 Å². The fourth-order valence-corrected chi connectivity index (χ4v) is 2.68. The molecule has 2 aromatic carbocycles. The van der Waals surface area contributed by atoms with E-state index in [1.54, 1.807) is 12.1 Å². The molecule has 4 N–H and O–H groups in total. The predicted molar refractivity (Wildman–Crippen MR) is 96.4 cm³/mol. The van der Waals surface area contributed by atoms with E-state index in [0.29, 0.717) is 0 Å². The van der Waals surface area contributed by atoms with Gasteiger partial charge in [-0.1, -0.05) is 42.5 Å². The van der Waals surface area contributed by atoms with Gasteiger partial charge in [-0.05, 0) is 42.5 Å². The van der Waals surface area contributed by atoms with E-state index < -0.39 is 22.3 Å². The van der Waals surface area contributed by atoms with Gasteiger partial charge in [-0.3, -0.25) is 4.55 Å². The van der Waals surface area contributed by atoms with Crippen LogP contribution < -0.4 is 5.73 Å². The number of alkyl halides is 3. The summed E-state index contributed by atoms with van der Waals surface area (Å²) < 4.78 is 62.5. The Morgan fingerprint density at radius 3 is 1.93 bits per heavy atom. The lowest BCUT2D eigenvalue weighted by Gasteiger charge is -2.11. The van der Waals surface area contributed by atoms with Gasteiger partial charge in [0.1, 0.15) is 0 Å². The minimum absolute atomic E-state index is 0.0636. The van der Waals surface area contributed by atoms with Gasteiger partial charge in [-0.2, -0.15) is 21.6 Å². The second-order valence-corrected chi connectivity index (χ2v) is 7.33. The topological polar surface area (TPSA) is 118 Å². The van der Waals surface area contributed by atoms with Crippen LogP contribution in [0.4, 0.5) is 13.2 Å². The first-order valence-corrected chi connectivity index (χ1v) is 9.49. The van der Waals surface area contributed by atoms with Crippen molar-refractivity contribution < 1.29 is 36.0 Å². The Morgan fingerprint density at radius 1 is 1.00 bits per heavy atom. The number of hydrogen-bond acceptors (Lipinski definition) is 4. The van der Waals surface area contributed by atoms with Gasteiger partial charge < -0.3 is 10.8 Å². The van der Waals surface area contributed by atoms with E-state index in [1.807, 2.05) is 18.2 Å². The van der Waals surface area contributed by atoms with Crippen LogP contribution in [0.1, 0.15) is 17.5 Å². The monoisotopic (exact) mass is 419 g/mol. The van der Waals surface area contributed by atoms with Gasteiger partial charge in [-0.15, -0.1) is 0 Å². The van der Waals surface area contributed by atoms with Crippen molar-refractivity contribution in [1.29, 1.82) is 0 Å². The minimum atomic E-state index is -5.08. The third kappa shape index (κ3) is 8.98. The van der Waals surface area contributed by atoms with Crippen molar-refractivity contribution in [2.75, 3.05) is 0 Å². The highest BCUT2D eigenvalue weighted by Crippen LogP contribution is 2.14. The molecule has 0 heterocycles. The van der Waals surface area contributed by atoms with E-state index in [4.69, 9.17) is 20.2 Å². The maximum Gasteiger partial charge on any atom is 0.490 e. The lowest BCUT2D eigenvalue weighted by atomic mass is 10.00. The molecule has 0 spiro atoms. The number of aliphatic carboxylic acids is 1. The van der Waals surface area contributed by atoms with Crippen LogP contribution in [0.25, 0.3) is 0 Å². The first kappa shape index (κ1) is 23.6. The Morgan fingerprint density at radius 2 is 1.50 bits per heavy atom. The largest absolute Gasteiger partial charge is 0.490 e. The molecule has 0 fully saturated rings. The lowest BCUT2D eigenvalue weighted by Crippen LogP contribution is -2.23. The Labute approximate surface area is 160 Å². The Balaban J connectivity index is 0.000000480. The van der Waals surface area contributed by atoms with Gasteiger partial charge in [-0.25, -0.2) is 4.79 Å². The molecule has 2 rings (SSSR count). The van der Waals surface area contributed by atoms with Crippen molar-refractivity contribution >= 4 is 16.1 Å². The van der Waals surface area contributed by atoms with E-state index in [-0.39, 0.29) is 10.9 Å². The highest BCUT2D eigenvalue weighted by Gasteiger charge is 2.38. The Kier molecular flexibility index (Phi) is 8.61. The molecule has 0 aliphatic rings. The van der Waals surface area contributed by atoms with Crippen molar-refractivity contribution in [2.24, 2.45) is 5.73 Å². The highest BCUT2D eigenvalue weighted by atomic mass is 32.2. The van der Waals surface area contributed by atoms with Crippen LogP contribution in [0.15, 0.2) is 59.5 Å². The normalized spacial score (nSPS) is 12.6. The summed E-state index contributed by atoms with van der Waals surface area (Å²) in [5.41, 5.74) is 8.34. The molecule has 0 saturated carbocycles. The highest BCUT2D eigenvalue weighted by molar-refractivity contribution is 7.85. The first-order valence-electron chi connectivity index (χ1n) is 8.05. The number of benzene rings is 2. The maximum atomic E-state index is 10.9. The molecule has 2 aromatic rings. The molecule has 28 heavy (non-hydrogen) atoms. The summed E-state index contributed by atoms with van der Waals surface area (Å²) in [5.74, 6) is -2.76. The van der Waals surface area contributed by atoms with Crippen LogP contribution in [0.3, 0.4) is 0 Å². The van der Waals surface area contributed by atoms with E-state index in [1.165, 1.54) is 17.7 Å². The molecule has 10 heteroatoms. The average Bonchev–Trinajstić information content (AvgIpc) is 2.60. The molecule has 0 saturated heterocycles. The predicted octanol–water partition coefficient (Wildman–Crippen LogP) is 3.07. The van der Waals surface area contributed by atoms with Crippen LogP contribution in [0.5, 0.6) is 0 Å². The van der Waals surface area contributed by atoms with E-state index >= 15 is 0 Å². The molecule has 0 aliphatic heterocycles. The Hall–Kier alpha value is -2.43. The number of aryl methyl sites for hydroxylation is 1. The third-order valence-corrected chi connectivity index (χ3v) is 4.48. The van der Waals surface area contributed by atoms with E-state index in [9.17, 15) is 21.6 Å². The zero-order valence-electron chi connectivity index (χ0n) is 14.6. The molecule has 0 aromatic heterocycles. The molecule has 1 atom stereocenters. The zero-order valence-corrected chi connectivity index (χ0v) is 15.4. The van der Waals surface area contributed by atoms with E-state index in [2.05, 4.69) is 12.1 Å². The maximum absolute atomic E-state index is 10.9. The van der Waals surface area contributed by atoms with Gasteiger partial charge in [0.25, 0.3) is 10.1 Å². The van der Waals surface area contributed by atoms with Crippen LogP contribution in [-0.4, -0.2) is 36.3 Å². The van der Waals surface area contributed by atoms with Crippen molar-refractivity contribution in [1.82, 2.24) is 0 Å². The summed E-state index contributed by atoms with van der Waals surface area (Å²) in [5, 5.41) is 7.12. The fraction of sp³-hybridized carbons (Fsp3) is 0.278. The molecule has 0 aliphatic carbocycles. The second-order valence-electron chi connectivity index (χ2n) is 5.91. The smallest absolute Gasteiger partial charge is 0.475 e. The standard InChI is InChI=1S/C16H19NO3S.C2HF3O2/c17-15(12-14-4-2-1-3-5-14)9-6-13-7-10-16(11-8-13)21(18,19)20;3-2(4,5)1(6)7/h1-5,7-8,10-11,15H,6,9,12,17H2,(H,18,19,20);(H,6,7). The molecule has 6 nitrogen and oxygen atoms in total. The van der Waals surface area contributed by atoms with Gasteiger partial charge in [0.15, 0.2) is 0 Å². The second kappa shape index (κ2) is 10.2. The van der Waals surface area contributed by atoms with Crippen molar-refractivity contribution in [2.45, 2.75) is 36.4 Å². The summed E-state index contributed by atoms with van der Waals surface area (Å²) in [7, 11) is -4.12. The average molecular weight is 419 g/mol. The SMILES string of the molecule is NC(CCc1ccc(S(=O)(=O)O)cc1)Cc1ccccc1.O=C(O)C(F)(F)F. The van der Waals surface area contributed by atoms with Crippen LogP contribution in [-0.2, 0) is 27.8 Å². The summed E-state index contributed by atoms with van der Waals surface area (Å²) in [4.78, 5) is 8.81. The van der Waals surface area contributed by atoms with Crippen LogP contribution >= 0.6 is 0 Å². The fourth-order valence-electron chi connectivity index (χ4n) is 2.20. The van der Waals surface area contributed by atoms with Crippen LogP contribution in [0.2, 0.25) is 0 Å². The summed E-state index contributed by atoms with van der Waals surface area (Å²) >= 11 is 0. The molecule has 0 amide bonds. The summed E-state index contributed by atoms with van der Waals surface area (Å²) in [6.07, 6.45) is -2.66. The van der Waals surface area contributed by atoms with Crippen LogP contribution in [0, 0.1) is 0 Å². The third-order valence-electron chi connectivity index (χ3n) is 3.61. The number of nitrogens with two attached hydrogens (primary N) is 1. The number of halogens is 3. The molecule has 0 bridgehead atoms. The van der Waals surface area contributed by atoms with Gasteiger partial charge in [0.05, 0.1) is 4.90 Å². The van der Waals surface area contributed by atoms with Crippen molar-refractivity contribution in [3.05, 3.63) is 65.7 Å². The minimum Gasteiger partial charge on any atom is -0.475 e. The molecular formula is C18H20F3NO5S. The van der Waals surface area contributed by atoms with Crippen molar-refractivity contribution in [3.8, 4) is 0 Å². The first-order chi connectivity index (χ1) is 12.9. The quantitative estimate of drug-likeness (QED) is 0.620. The number of hydrogen-bond donors (Lipinski definition) is 3. The number of rotatable bonds is 6. The van der Waals surface area contributed by atoms with Gasteiger partial charge in [0.2, 0.25) is 0 Å². The molecular weight excluding hydrogens is 399 g/mol. The molecule has 1 unspecified atom stereocenters. The molecule has 154 valence electrons. The number of carboxylic acid groups (broad SMARTS) is 1. The zero-order chi connectivity index (χ0) is 21.4. The van der Waals surface area contributed by atoms with Crippen molar-refractivity contribution in [3.63, 3.8) is 0 Å². The van der Waals surface area contributed by atoms with E-state index in [0.717, 1.165) is 24.8 Å². The number of carboxylic acids is 1. The summed E-state index contributed by atoms with van der Waals surface area (Å²) in [6, 6.07) is 16.4. The number of carbonyl (C=O) groups is 1. The summed E-state index contributed by atoms with van der Waals surface area (Å²) in [6.45, 7) is 0. The Bertz CT molecular complexity index is 853. The van der Waals surface area contributed by atoms with Gasteiger partial charge >= 0.3 is 12.1 Å². The lowest BCUT2D eigenvalue weighted by molar-refractivity contribution is -0.192. The molecule has 0 radical (unpaired) electrons.